The SMILES string of the molecule is CC1(C)CC(=O)c2ccc(CCc3ccccc3)cc2O1. The van der Waals surface area contributed by atoms with Crippen LogP contribution in [0.4, 0.5) is 0 Å². The number of aryl methyl sites for hydroxylation is 2. The summed E-state index contributed by atoms with van der Waals surface area (Å²) in [4.78, 5) is 12.1. The van der Waals surface area contributed by atoms with Crippen LogP contribution in [0.1, 0.15) is 41.8 Å². The van der Waals surface area contributed by atoms with Crippen LogP contribution >= 0.6 is 0 Å². The Kier molecular flexibility index (Phi) is 3.54. The first kappa shape index (κ1) is 13.9. The maximum Gasteiger partial charge on any atom is 0.170 e. The highest BCUT2D eigenvalue weighted by Crippen LogP contribution is 2.33. The standard InChI is InChI=1S/C19H20O2/c1-19(2)13-17(20)16-11-10-15(12-18(16)21-19)9-8-14-6-4-3-5-7-14/h3-7,10-12H,8-9,13H2,1-2H3. The van der Waals surface area contributed by atoms with E-state index in [0.29, 0.717) is 6.42 Å². The third-order valence-corrected chi connectivity index (χ3v) is 3.86. The molecule has 0 N–H and O–H groups in total. The average molecular weight is 280 g/mol. The highest BCUT2D eigenvalue weighted by Gasteiger charge is 2.32. The van der Waals surface area contributed by atoms with Crippen LogP contribution in [0.15, 0.2) is 48.5 Å². The Hall–Kier alpha value is -2.09. The number of Topliss-reactive ketones (excluding diaryl/α,β-unsaturated/α-hetero) is 1. The van der Waals surface area contributed by atoms with Crippen molar-refractivity contribution in [3.63, 3.8) is 0 Å². The Labute approximate surface area is 125 Å². The van der Waals surface area contributed by atoms with Gasteiger partial charge in [-0.2, -0.15) is 0 Å². The molecule has 0 aromatic heterocycles. The van der Waals surface area contributed by atoms with Crippen LogP contribution in [-0.2, 0) is 12.8 Å². The van der Waals surface area contributed by atoms with Crippen molar-refractivity contribution in [1.82, 2.24) is 0 Å². The monoisotopic (exact) mass is 280 g/mol. The van der Waals surface area contributed by atoms with E-state index in [4.69, 9.17) is 4.74 Å². The van der Waals surface area contributed by atoms with Gasteiger partial charge in [-0.25, -0.2) is 0 Å². The molecule has 0 atom stereocenters. The van der Waals surface area contributed by atoms with Gasteiger partial charge in [0.1, 0.15) is 11.4 Å². The number of carbonyl (C=O) groups excluding carboxylic acids is 1. The van der Waals surface area contributed by atoms with Gasteiger partial charge in [0.05, 0.1) is 12.0 Å². The maximum absolute atomic E-state index is 12.1. The third-order valence-electron chi connectivity index (χ3n) is 3.86. The van der Waals surface area contributed by atoms with Crippen molar-refractivity contribution in [2.45, 2.75) is 38.7 Å². The molecule has 21 heavy (non-hydrogen) atoms. The van der Waals surface area contributed by atoms with E-state index >= 15 is 0 Å². The van der Waals surface area contributed by atoms with Crippen LogP contribution in [0.25, 0.3) is 0 Å². The van der Waals surface area contributed by atoms with E-state index in [1.54, 1.807) is 0 Å². The first-order chi connectivity index (χ1) is 10.0. The lowest BCUT2D eigenvalue weighted by Gasteiger charge is -2.31. The van der Waals surface area contributed by atoms with E-state index in [2.05, 4.69) is 24.3 Å². The highest BCUT2D eigenvalue weighted by molar-refractivity contribution is 6.00. The van der Waals surface area contributed by atoms with Crippen molar-refractivity contribution >= 4 is 5.78 Å². The Morgan fingerprint density at radius 3 is 2.48 bits per heavy atom. The second-order valence-corrected chi connectivity index (χ2v) is 6.28. The summed E-state index contributed by atoms with van der Waals surface area (Å²) in [6.07, 6.45) is 2.40. The van der Waals surface area contributed by atoms with Crippen LogP contribution in [0.2, 0.25) is 0 Å². The number of benzene rings is 2. The molecule has 0 fully saturated rings. The number of carbonyl (C=O) groups is 1. The summed E-state index contributed by atoms with van der Waals surface area (Å²) in [6.45, 7) is 3.93. The van der Waals surface area contributed by atoms with Crippen LogP contribution in [0.3, 0.4) is 0 Å². The van der Waals surface area contributed by atoms with Gasteiger partial charge in [-0.3, -0.25) is 4.79 Å². The number of rotatable bonds is 3. The first-order valence-electron chi connectivity index (χ1n) is 7.43. The molecule has 2 heteroatoms. The molecule has 0 unspecified atom stereocenters. The van der Waals surface area contributed by atoms with E-state index < -0.39 is 5.60 Å². The Morgan fingerprint density at radius 1 is 1.00 bits per heavy atom. The molecule has 0 aliphatic carbocycles. The zero-order valence-corrected chi connectivity index (χ0v) is 12.6. The molecule has 0 bridgehead atoms. The van der Waals surface area contributed by atoms with Gasteiger partial charge in [0, 0.05) is 0 Å². The second kappa shape index (κ2) is 5.36. The zero-order chi connectivity index (χ0) is 14.9. The molecule has 0 amide bonds. The fourth-order valence-electron chi connectivity index (χ4n) is 2.79. The zero-order valence-electron chi connectivity index (χ0n) is 12.6. The van der Waals surface area contributed by atoms with Gasteiger partial charge in [0.2, 0.25) is 0 Å². The van der Waals surface area contributed by atoms with Crippen molar-refractivity contribution in [1.29, 1.82) is 0 Å². The average Bonchev–Trinajstić information content (AvgIpc) is 2.44. The Bertz CT molecular complexity index is 657. The summed E-state index contributed by atoms with van der Waals surface area (Å²) in [5, 5.41) is 0. The minimum Gasteiger partial charge on any atom is -0.487 e. The molecule has 0 spiro atoms. The molecule has 0 radical (unpaired) electrons. The summed E-state index contributed by atoms with van der Waals surface area (Å²) >= 11 is 0. The predicted octanol–water partition coefficient (Wildman–Crippen LogP) is 4.22. The smallest absolute Gasteiger partial charge is 0.170 e. The molecule has 1 aliphatic heterocycles. The molecule has 0 saturated carbocycles. The molecule has 2 aromatic carbocycles. The summed E-state index contributed by atoms with van der Waals surface area (Å²) < 4.78 is 5.96. The second-order valence-electron chi connectivity index (χ2n) is 6.28. The van der Waals surface area contributed by atoms with E-state index in [1.165, 1.54) is 11.1 Å². The molecule has 2 nitrogen and oxygen atoms in total. The van der Waals surface area contributed by atoms with Crippen molar-refractivity contribution in [2.75, 3.05) is 0 Å². The summed E-state index contributed by atoms with van der Waals surface area (Å²) in [6, 6.07) is 16.4. The molecule has 0 saturated heterocycles. The third kappa shape index (κ3) is 3.15. The number of ether oxygens (including phenoxy) is 1. The number of hydrogen-bond donors (Lipinski definition) is 0. The van der Waals surface area contributed by atoms with Crippen LogP contribution in [-0.4, -0.2) is 11.4 Å². The number of hydrogen-bond acceptors (Lipinski definition) is 2. The minimum atomic E-state index is -0.401. The van der Waals surface area contributed by atoms with E-state index in [1.807, 2.05) is 38.1 Å². The van der Waals surface area contributed by atoms with Gasteiger partial charge in [-0.15, -0.1) is 0 Å². The van der Waals surface area contributed by atoms with Gasteiger partial charge >= 0.3 is 0 Å². The van der Waals surface area contributed by atoms with Gasteiger partial charge in [0.15, 0.2) is 5.78 Å². The fraction of sp³-hybridized carbons (Fsp3) is 0.316. The normalized spacial score (nSPS) is 16.2. The summed E-state index contributed by atoms with van der Waals surface area (Å²) in [7, 11) is 0. The quantitative estimate of drug-likeness (QED) is 0.841. The fourth-order valence-corrected chi connectivity index (χ4v) is 2.79. The summed E-state index contributed by atoms with van der Waals surface area (Å²) in [5.74, 6) is 0.915. The molecule has 2 aromatic rings. The lowest BCUT2D eigenvalue weighted by atomic mass is 9.92. The van der Waals surface area contributed by atoms with Gasteiger partial charge in [-0.05, 0) is 49.9 Å². The summed E-state index contributed by atoms with van der Waals surface area (Å²) in [5.41, 5.74) is 2.86. The van der Waals surface area contributed by atoms with Gasteiger partial charge < -0.3 is 4.74 Å². The van der Waals surface area contributed by atoms with Crippen molar-refractivity contribution in [3.05, 3.63) is 65.2 Å². The number of ketones is 1. The number of fused-ring (bicyclic) bond motifs is 1. The molecule has 1 heterocycles. The highest BCUT2D eigenvalue weighted by atomic mass is 16.5. The van der Waals surface area contributed by atoms with Crippen molar-refractivity contribution in [3.8, 4) is 5.75 Å². The molecule has 3 rings (SSSR count). The van der Waals surface area contributed by atoms with E-state index in [9.17, 15) is 4.79 Å². The van der Waals surface area contributed by atoms with Crippen molar-refractivity contribution < 1.29 is 9.53 Å². The molecule has 108 valence electrons. The predicted molar refractivity (Wildman–Crippen MR) is 83.9 cm³/mol. The molecular formula is C19H20O2. The first-order valence-corrected chi connectivity index (χ1v) is 7.43. The van der Waals surface area contributed by atoms with Gasteiger partial charge in [0.25, 0.3) is 0 Å². The van der Waals surface area contributed by atoms with Gasteiger partial charge in [-0.1, -0.05) is 36.4 Å². The largest absolute Gasteiger partial charge is 0.487 e. The topological polar surface area (TPSA) is 26.3 Å². The lowest BCUT2D eigenvalue weighted by molar-refractivity contribution is 0.0619. The lowest BCUT2D eigenvalue weighted by Crippen LogP contribution is -2.35. The van der Waals surface area contributed by atoms with E-state index in [0.717, 1.165) is 24.2 Å². The Balaban J connectivity index is 1.78. The van der Waals surface area contributed by atoms with Crippen LogP contribution in [0, 0.1) is 0 Å². The minimum absolute atomic E-state index is 0.177. The Morgan fingerprint density at radius 2 is 1.71 bits per heavy atom. The van der Waals surface area contributed by atoms with Crippen molar-refractivity contribution in [2.24, 2.45) is 0 Å². The van der Waals surface area contributed by atoms with Crippen LogP contribution in [0.5, 0.6) is 5.75 Å². The van der Waals surface area contributed by atoms with Crippen LogP contribution < -0.4 is 4.74 Å². The van der Waals surface area contributed by atoms with E-state index in [-0.39, 0.29) is 5.78 Å². The maximum atomic E-state index is 12.1. The molecule has 1 aliphatic rings. The molecular weight excluding hydrogens is 260 g/mol.